The number of urea groups is 1. The van der Waals surface area contributed by atoms with E-state index in [-0.39, 0.29) is 42.7 Å². The summed E-state index contributed by atoms with van der Waals surface area (Å²) >= 11 is 0.957. The maximum atomic E-state index is 13.1. The van der Waals surface area contributed by atoms with Crippen molar-refractivity contribution in [3.05, 3.63) is 39.3 Å². The molecule has 2 fully saturated rings. The first-order valence-corrected chi connectivity index (χ1v) is 15.6. The van der Waals surface area contributed by atoms with Gasteiger partial charge in [-0.05, 0) is 20.8 Å². The lowest BCUT2D eigenvalue weighted by atomic mass is 9.97. The van der Waals surface area contributed by atoms with Crippen LogP contribution in [0.15, 0.2) is 27.6 Å². The Morgan fingerprint density at radius 2 is 1.85 bits per heavy atom. The zero-order valence-corrected chi connectivity index (χ0v) is 26.0. The van der Waals surface area contributed by atoms with E-state index in [1.54, 1.807) is 4.72 Å². The van der Waals surface area contributed by atoms with Gasteiger partial charge in [-0.3, -0.25) is 24.1 Å². The summed E-state index contributed by atoms with van der Waals surface area (Å²) in [6, 6.07) is -2.68. The standard InChI is InChI=1S/C24H29N9O11S2/c1-11-16(28-18(36)17(13-10-45-22(25)27-13)29-44-24(2,3)21(39)40)20(38)33(11)23(41)30-46(42,43)32-6-4-31(5-7-32)19(37)12-8-14(34)15(35)9-26-12/h8-11,16,35H,4-7H2,1-3H3,(H2,25,27)(H,26,34)(H,28,36)(H,30,41)(H,39,40)/b29-17-/t11-,16-/m0/s1. The fraction of sp³-hybridized carbons (Fsp3) is 0.417. The predicted molar refractivity (Wildman–Crippen MR) is 158 cm³/mol. The van der Waals surface area contributed by atoms with E-state index >= 15 is 0 Å². The minimum Gasteiger partial charge on any atom is -0.503 e. The average molecular weight is 684 g/mol. The predicted octanol–water partition coefficient (Wildman–Crippen LogP) is -2.17. The summed E-state index contributed by atoms with van der Waals surface area (Å²) < 4.78 is 28.5. The topological polar surface area (TPSA) is 287 Å². The quantitative estimate of drug-likeness (QED) is 0.0933. The number of anilines is 1. The van der Waals surface area contributed by atoms with Crippen LogP contribution in [0.2, 0.25) is 0 Å². The molecular weight excluding hydrogens is 654 g/mol. The van der Waals surface area contributed by atoms with Gasteiger partial charge in [-0.25, -0.2) is 19.3 Å². The van der Waals surface area contributed by atoms with E-state index in [9.17, 15) is 47.4 Å². The molecule has 2 atom stereocenters. The van der Waals surface area contributed by atoms with Crippen LogP contribution in [-0.4, -0.2) is 122 Å². The molecule has 0 saturated carbocycles. The van der Waals surface area contributed by atoms with Crippen molar-refractivity contribution >= 4 is 62.1 Å². The van der Waals surface area contributed by atoms with E-state index in [4.69, 9.17) is 10.6 Å². The number of likely N-dealkylation sites (tertiary alicyclic amines) is 1. The van der Waals surface area contributed by atoms with Crippen LogP contribution < -0.4 is 21.2 Å². The molecule has 0 unspecified atom stereocenters. The smallest absolute Gasteiger partial charge is 0.350 e. The number of oxime groups is 1. The normalized spacial score (nSPS) is 19.3. The second kappa shape index (κ2) is 12.7. The Morgan fingerprint density at radius 3 is 2.39 bits per heavy atom. The molecule has 5 amide bonds. The second-order valence-corrected chi connectivity index (χ2v) is 13.1. The molecule has 2 aromatic heterocycles. The summed E-state index contributed by atoms with van der Waals surface area (Å²) in [5.41, 5.74) is 2.36. The molecule has 248 valence electrons. The van der Waals surface area contributed by atoms with Gasteiger partial charge in [-0.1, -0.05) is 5.16 Å². The molecular formula is C24H29N9O11S2. The van der Waals surface area contributed by atoms with Crippen molar-refractivity contribution in [2.45, 2.75) is 38.5 Å². The first-order chi connectivity index (χ1) is 21.4. The number of pyridine rings is 1. The molecule has 7 N–H and O–H groups in total. The third-order valence-corrected chi connectivity index (χ3v) is 9.11. The van der Waals surface area contributed by atoms with Gasteiger partial charge in [0.1, 0.15) is 17.4 Å². The number of nitrogens with zero attached hydrogens (tertiary/aromatic N) is 5. The zero-order chi connectivity index (χ0) is 34.1. The number of thiazole rings is 1. The highest BCUT2D eigenvalue weighted by Gasteiger charge is 2.50. The van der Waals surface area contributed by atoms with Crippen LogP contribution in [0, 0.1) is 0 Å². The zero-order valence-electron chi connectivity index (χ0n) is 24.4. The number of carbonyl (C=O) groups excluding carboxylic acids is 4. The number of hydrogen-bond donors (Lipinski definition) is 6. The van der Waals surface area contributed by atoms with Crippen LogP contribution in [0.5, 0.6) is 5.75 Å². The third-order valence-electron chi connectivity index (χ3n) is 6.96. The first-order valence-electron chi connectivity index (χ1n) is 13.3. The number of carboxylic acid groups (broad SMARTS) is 1. The number of carbonyl (C=O) groups is 5. The number of imide groups is 1. The van der Waals surface area contributed by atoms with Gasteiger partial charge in [0.2, 0.25) is 11.0 Å². The van der Waals surface area contributed by atoms with Crippen molar-refractivity contribution in [3.63, 3.8) is 0 Å². The van der Waals surface area contributed by atoms with Crippen molar-refractivity contribution in [1.29, 1.82) is 0 Å². The minimum absolute atomic E-state index is 0.0619. The van der Waals surface area contributed by atoms with Crippen molar-refractivity contribution < 1.29 is 47.4 Å². The first kappa shape index (κ1) is 33.8. The van der Waals surface area contributed by atoms with Crippen LogP contribution in [0.4, 0.5) is 9.93 Å². The number of aromatic hydroxyl groups is 1. The monoisotopic (exact) mass is 683 g/mol. The summed E-state index contributed by atoms with van der Waals surface area (Å²) in [5, 5.41) is 26.0. The molecule has 4 heterocycles. The van der Waals surface area contributed by atoms with Crippen LogP contribution in [0.3, 0.4) is 0 Å². The van der Waals surface area contributed by atoms with E-state index in [0.717, 1.165) is 27.9 Å². The lowest BCUT2D eigenvalue weighted by molar-refractivity contribution is -0.161. The molecule has 46 heavy (non-hydrogen) atoms. The maximum Gasteiger partial charge on any atom is 0.350 e. The van der Waals surface area contributed by atoms with Gasteiger partial charge in [0.15, 0.2) is 16.6 Å². The molecule has 0 spiro atoms. The lowest BCUT2D eigenvalue weighted by Gasteiger charge is -2.43. The van der Waals surface area contributed by atoms with Crippen molar-refractivity contribution in [1.82, 2.24) is 34.1 Å². The Bertz CT molecular complexity index is 1780. The van der Waals surface area contributed by atoms with Gasteiger partial charge in [0.05, 0.1) is 6.04 Å². The van der Waals surface area contributed by atoms with Gasteiger partial charge in [-0.2, -0.15) is 12.7 Å². The van der Waals surface area contributed by atoms with Gasteiger partial charge in [0.25, 0.3) is 17.7 Å². The Hall–Kier alpha value is -5.09. The minimum atomic E-state index is -4.47. The number of nitrogens with one attached hydrogen (secondary N) is 3. The highest BCUT2D eigenvalue weighted by molar-refractivity contribution is 7.87. The van der Waals surface area contributed by atoms with Crippen LogP contribution in [0.1, 0.15) is 37.0 Å². The SMILES string of the molecule is C[C@H]1[C@H](NC(=O)/C(=N\OC(C)(C)C(=O)O)c2csc(N)n2)C(=O)N1C(=O)NS(=O)(=O)N1CCN(C(=O)c2cc(=O)c(O)c[nH]2)CC1. The van der Waals surface area contributed by atoms with Gasteiger partial charge in [0, 0.05) is 43.8 Å². The number of carboxylic acids is 1. The summed E-state index contributed by atoms with van der Waals surface area (Å²) in [7, 11) is -4.47. The Balaban J connectivity index is 1.36. The number of β-lactam (4-membered cyclic amide) rings is 1. The molecule has 2 aromatic rings. The van der Waals surface area contributed by atoms with Gasteiger partial charge < -0.3 is 36.0 Å². The fourth-order valence-electron chi connectivity index (χ4n) is 4.21. The Kier molecular flexibility index (Phi) is 9.35. The Labute approximate surface area is 264 Å². The largest absolute Gasteiger partial charge is 0.503 e. The number of nitrogens with two attached hydrogens (primary N) is 1. The van der Waals surface area contributed by atoms with E-state index in [0.29, 0.717) is 4.90 Å². The molecule has 0 radical (unpaired) electrons. The molecule has 22 heteroatoms. The summed E-state index contributed by atoms with van der Waals surface area (Å²) in [5.74, 6) is -4.51. The van der Waals surface area contributed by atoms with Crippen LogP contribution >= 0.6 is 11.3 Å². The maximum absolute atomic E-state index is 13.1. The molecule has 4 rings (SSSR count). The number of aromatic amines is 1. The highest BCUT2D eigenvalue weighted by Crippen LogP contribution is 2.22. The fourth-order valence-corrected chi connectivity index (χ4v) is 5.85. The molecule has 2 aliphatic rings. The molecule has 2 aliphatic heterocycles. The average Bonchev–Trinajstić information content (AvgIpc) is 3.42. The van der Waals surface area contributed by atoms with E-state index in [2.05, 4.69) is 20.4 Å². The van der Waals surface area contributed by atoms with Crippen LogP contribution in [0.25, 0.3) is 0 Å². The van der Waals surface area contributed by atoms with E-state index in [1.807, 2.05) is 0 Å². The van der Waals surface area contributed by atoms with Crippen molar-refractivity contribution in [2.24, 2.45) is 5.16 Å². The molecule has 0 bridgehead atoms. The van der Waals surface area contributed by atoms with Gasteiger partial charge in [-0.15, -0.1) is 11.3 Å². The second-order valence-electron chi connectivity index (χ2n) is 10.5. The number of aliphatic carboxylic acids is 1. The molecule has 2 saturated heterocycles. The molecule has 20 nitrogen and oxygen atoms in total. The molecule has 0 aliphatic carbocycles. The molecule has 0 aromatic carbocycles. The van der Waals surface area contributed by atoms with Crippen LogP contribution in [-0.2, 0) is 29.4 Å². The van der Waals surface area contributed by atoms with E-state index in [1.165, 1.54) is 31.1 Å². The van der Waals surface area contributed by atoms with Crippen molar-refractivity contribution in [2.75, 3.05) is 31.9 Å². The summed E-state index contributed by atoms with van der Waals surface area (Å²) in [6.45, 7) is 3.13. The number of aromatic nitrogens is 2. The lowest BCUT2D eigenvalue weighted by Crippen LogP contribution is -2.73. The van der Waals surface area contributed by atoms with E-state index < -0.39 is 74.5 Å². The van der Waals surface area contributed by atoms with Gasteiger partial charge >= 0.3 is 22.2 Å². The number of nitrogen functional groups attached to an aromatic ring is 1. The highest BCUT2D eigenvalue weighted by atomic mass is 32.2. The number of H-pyrrole nitrogens is 1. The summed E-state index contributed by atoms with van der Waals surface area (Å²) in [4.78, 5) is 87.7. The summed E-state index contributed by atoms with van der Waals surface area (Å²) in [6.07, 6.45) is 0.959. The number of rotatable bonds is 9. The third kappa shape index (κ3) is 6.92. The number of piperazine rings is 1. The number of hydrogen-bond acceptors (Lipinski definition) is 14. The number of amides is 5. The van der Waals surface area contributed by atoms with Crippen molar-refractivity contribution in [3.8, 4) is 5.75 Å². The Morgan fingerprint density at radius 1 is 1.20 bits per heavy atom.